The molecule has 0 aromatic heterocycles. The van der Waals surface area contributed by atoms with E-state index >= 15 is 0 Å². The van der Waals surface area contributed by atoms with Crippen LogP contribution in [0.25, 0.3) is 0 Å². The third kappa shape index (κ3) is 4.26. The summed E-state index contributed by atoms with van der Waals surface area (Å²) in [6.07, 6.45) is 0.918. The zero-order valence-electron chi connectivity index (χ0n) is 13.5. The van der Waals surface area contributed by atoms with E-state index in [9.17, 15) is 14.6 Å². The van der Waals surface area contributed by atoms with Crippen LogP contribution < -0.4 is 9.97 Å². The molecule has 1 atom stereocenters. The Morgan fingerprint density at radius 2 is 2.21 bits per heavy atom. The molecule has 1 aromatic rings. The van der Waals surface area contributed by atoms with Gasteiger partial charge in [0.15, 0.2) is 0 Å². The Labute approximate surface area is 139 Å². The van der Waals surface area contributed by atoms with Gasteiger partial charge in [-0.1, -0.05) is 17.3 Å². The van der Waals surface area contributed by atoms with E-state index in [1.807, 2.05) is 0 Å². The van der Waals surface area contributed by atoms with Gasteiger partial charge in [-0.05, 0) is 31.4 Å². The lowest BCUT2D eigenvalue weighted by atomic mass is 9.72. The highest BCUT2D eigenvalue weighted by molar-refractivity contribution is 6.47. The van der Waals surface area contributed by atoms with Crippen LogP contribution in [-0.2, 0) is 16.1 Å². The molecule has 1 amide bonds. The molecule has 24 heavy (non-hydrogen) atoms. The van der Waals surface area contributed by atoms with Crippen molar-refractivity contribution in [3.05, 3.63) is 29.3 Å². The number of nitrogens with zero attached hydrogens (tertiary/aromatic N) is 1. The van der Waals surface area contributed by atoms with Crippen molar-refractivity contribution in [2.75, 3.05) is 7.11 Å². The molecule has 0 aliphatic carbocycles. The van der Waals surface area contributed by atoms with Gasteiger partial charge in [-0.25, -0.2) is 4.79 Å². The fraction of sp³-hybridized carbons (Fsp3) is 0.400. The normalized spacial score (nSPS) is 16.9. The average molecular weight is 334 g/mol. The van der Waals surface area contributed by atoms with Gasteiger partial charge in [0.25, 0.3) is 0 Å². The van der Waals surface area contributed by atoms with Crippen molar-refractivity contribution >= 4 is 24.7 Å². The maximum atomic E-state index is 12.0. The Balaban J connectivity index is 2.01. The van der Waals surface area contributed by atoms with Gasteiger partial charge in [0.1, 0.15) is 12.9 Å². The van der Waals surface area contributed by atoms with E-state index in [-0.39, 0.29) is 30.1 Å². The Kier molecular flexibility index (Phi) is 5.80. The first-order chi connectivity index (χ1) is 11.4. The van der Waals surface area contributed by atoms with Crippen LogP contribution in [0.3, 0.4) is 0 Å². The Morgan fingerprint density at radius 1 is 1.46 bits per heavy atom. The number of para-hydroxylation sites is 1. The van der Waals surface area contributed by atoms with Crippen LogP contribution in [0.5, 0.6) is 5.75 Å². The van der Waals surface area contributed by atoms with Gasteiger partial charge in [0.05, 0.1) is 17.2 Å². The summed E-state index contributed by atoms with van der Waals surface area (Å²) in [6.45, 7) is 1.75. The van der Waals surface area contributed by atoms with Crippen LogP contribution >= 0.6 is 0 Å². The number of amides is 1. The Bertz CT molecular complexity index is 663. The number of nitrogens with one attached hydrogen (secondary N) is 1. The SMILES string of the molecule is CO/N=C(/C)CCC(=O)N[C@H]1Cc2cccc(C(=O)O)c2OB1O. The van der Waals surface area contributed by atoms with Crippen LogP contribution in [-0.4, -0.2) is 47.9 Å². The Morgan fingerprint density at radius 3 is 2.88 bits per heavy atom. The molecule has 8 nitrogen and oxygen atoms in total. The average Bonchev–Trinajstić information content (AvgIpc) is 2.53. The molecule has 1 aliphatic heterocycles. The van der Waals surface area contributed by atoms with Gasteiger partial charge in [-0.2, -0.15) is 0 Å². The number of fused-ring (bicyclic) bond motifs is 1. The van der Waals surface area contributed by atoms with Crippen molar-refractivity contribution in [1.29, 1.82) is 0 Å². The van der Waals surface area contributed by atoms with Gasteiger partial charge in [0, 0.05) is 6.42 Å². The summed E-state index contributed by atoms with van der Waals surface area (Å²) < 4.78 is 5.32. The molecule has 0 saturated carbocycles. The number of aromatic carboxylic acids is 1. The number of rotatable bonds is 6. The second-order valence-electron chi connectivity index (χ2n) is 5.49. The minimum absolute atomic E-state index is 0.0114. The maximum absolute atomic E-state index is 12.0. The molecule has 0 radical (unpaired) electrons. The van der Waals surface area contributed by atoms with Crippen molar-refractivity contribution in [2.45, 2.75) is 32.1 Å². The molecule has 3 N–H and O–H groups in total. The monoisotopic (exact) mass is 334 g/mol. The summed E-state index contributed by atoms with van der Waals surface area (Å²) in [6, 6.07) is 4.72. The lowest BCUT2D eigenvalue weighted by Crippen LogP contribution is -2.53. The number of carboxylic acid groups (broad SMARTS) is 1. The number of oxime groups is 1. The molecule has 0 unspecified atom stereocenters. The second-order valence-corrected chi connectivity index (χ2v) is 5.49. The van der Waals surface area contributed by atoms with Gasteiger partial charge >= 0.3 is 13.1 Å². The number of hydrogen-bond donors (Lipinski definition) is 3. The molecular weight excluding hydrogens is 315 g/mol. The van der Waals surface area contributed by atoms with Crippen molar-refractivity contribution in [3.8, 4) is 5.75 Å². The van der Waals surface area contributed by atoms with E-state index in [0.717, 1.165) is 0 Å². The van der Waals surface area contributed by atoms with Gasteiger partial charge in [-0.3, -0.25) is 4.79 Å². The lowest BCUT2D eigenvalue weighted by Gasteiger charge is -2.28. The highest BCUT2D eigenvalue weighted by Gasteiger charge is 2.37. The minimum atomic E-state index is -1.31. The van der Waals surface area contributed by atoms with Gasteiger partial charge < -0.3 is 24.9 Å². The van der Waals surface area contributed by atoms with E-state index in [0.29, 0.717) is 17.7 Å². The zero-order chi connectivity index (χ0) is 17.7. The summed E-state index contributed by atoms with van der Waals surface area (Å²) in [5.74, 6) is -1.89. The van der Waals surface area contributed by atoms with Crippen LogP contribution in [0.4, 0.5) is 0 Å². The maximum Gasteiger partial charge on any atom is 0.547 e. The molecule has 0 saturated heterocycles. The molecule has 1 aromatic carbocycles. The number of hydrogen-bond acceptors (Lipinski definition) is 6. The minimum Gasteiger partial charge on any atom is -0.534 e. The first kappa shape index (κ1) is 17.8. The van der Waals surface area contributed by atoms with E-state index in [1.54, 1.807) is 19.1 Å². The van der Waals surface area contributed by atoms with Crippen LogP contribution in [0, 0.1) is 0 Å². The van der Waals surface area contributed by atoms with Crippen molar-refractivity contribution in [1.82, 2.24) is 5.32 Å². The number of benzene rings is 1. The molecule has 9 heteroatoms. The summed E-state index contributed by atoms with van der Waals surface area (Å²) in [7, 11) is 0.123. The summed E-state index contributed by atoms with van der Waals surface area (Å²) in [5.41, 5.74) is 1.30. The number of carboxylic acids is 1. The largest absolute Gasteiger partial charge is 0.547 e. The molecule has 1 heterocycles. The molecule has 0 fully saturated rings. The highest BCUT2D eigenvalue weighted by atomic mass is 16.6. The van der Waals surface area contributed by atoms with E-state index in [1.165, 1.54) is 13.2 Å². The predicted octanol–water partition coefficient (Wildman–Crippen LogP) is 0.627. The number of carbonyl (C=O) groups excluding carboxylic acids is 1. The zero-order valence-corrected chi connectivity index (χ0v) is 13.5. The summed E-state index contributed by atoms with van der Waals surface area (Å²) >= 11 is 0. The Hall–Kier alpha value is -2.55. The first-order valence-corrected chi connectivity index (χ1v) is 7.48. The highest BCUT2D eigenvalue weighted by Crippen LogP contribution is 2.30. The van der Waals surface area contributed by atoms with E-state index in [4.69, 9.17) is 9.76 Å². The van der Waals surface area contributed by atoms with Gasteiger partial charge in [-0.15, -0.1) is 0 Å². The van der Waals surface area contributed by atoms with Gasteiger partial charge in [0.2, 0.25) is 5.91 Å². The topological polar surface area (TPSA) is 117 Å². The molecule has 128 valence electrons. The fourth-order valence-corrected chi connectivity index (χ4v) is 2.49. The number of carbonyl (C=O) groups is 2. The quantitative estimate of drug-likeness (QED) is 0.399. The molecular formula is C15H19BN2O6. The smallest absolute Gasteiger partial charge is 0.534 e. The molecule has 1 aliphatic rings. The fourth-order valence-electron chi connectivity index (χ4n) is 2.49. The lowest BCUT2D eigenvalue weighted by molar-refractivity contribution is -0.121. The van der Waals surface area contributed by atoms with Crippen LogP contribution in [0.1, 0.15) is 35.7 Å². The van der Waals surface area contributed by atoms with Crippen LogP contribution in [0.15, 0.2) is 23.4 Å². The van der Waals surface area contributed by atoms with Crippen molar-refractivity contribution < 1.29 is 29.2 Å². The summed E-state index contributed by atoms with van der Waals surface area (Å²) in [4.78, 5) is 27.8. The van der Waals surface area contributed by atoms with E-state index < -0.39 is 19.0 Å². The third-order valence-electron chi connectivity index (χ3n) is 3.66. The standard InChI is InChI=1S/C15H19BN2O6/c1-9(18-23-2)6-7-13(19)17-12-8-10-4-3-5-11(15(20)21)14(10)24-16(12)22/h3-5,12,22H,6-8H2,1-2H3,(H,17,19)(H,20,21)/b18-9-/t12-/m0/s1. The third-order valence-corrected chi connectivity index (χ3v) is 3.66. The van der Waals surface area contributed by atoms with Crippen molar-refractivity contribution in [2.24, 2.45) is 5.16 Å². The van der Waals surface area contributed by atoms with Crippen molar-refractivity contribution in [3.63, 3.8) is 0 Å². The van der Waals surface area contributed by atoms with E-state index in [2.05, 4.69) is 15.3 Å². The predicted molar refractivity (Wildman–Crippen MR) is 87.0 cm³/mol. The molecule has 0 bridgehead atoms. The molecule has 0 spiro atoms. The first-order valence-electron chi connectivity index (χ1n) is 7.48. The second kappa shape index (κ2) is 7.82. The van der Waals surface area contributed by atoms with Crippen LogP contribution in [0.2, 0.25) is 0 Å². The summed E-state index contributed by atoms with van der Waals surface area (Å²) in [5, 5.41) is 25.6. The molecule has 2 rings (SSSR count).